The summed E-state index contributed by atoms with van der Waals surface area (Å²) >= 11 is 3.55. The lowest BCUT2D eigenvalue weighted by Gasteiger charge is -2.07. The van der Waals surface area contributed by atoms with Crippen molar-refractivity contribution < 1.29 is 9.59 Å². The molecule has 3 heterocycles. The third-order valence-corrected chi connectivity index (χ3v) is 10.2. The number of rotatable bonds is 18. The molecule has 0 aliphatic carbocycles. The van der Waals surface area contributed by atoms with Gasteiger partial charge in [-0.3, -0.25) is 9.59 Å². The van der Waals surface area contributed by atoms with Gasteiger partial charge in [-0.1, -0.05) is 46.8 Å². The molecule has 0 spiro atoms. The van der Waals surface area contributed by atoms with Gasteiger partial charge in [-0.2, -0.15) is 23.5 Å². The van der Waals surface area contributed by atoms with Crippen LogP contribution in [0.5, 0.6) is 0 Å². The first-order valence-corrected chi connectivity index (χ1v) is 21.1. The molecule has 2 amide bonds. The highest BCUT2D eigenvalue weighted by molar-refractivity contribution is 7.98. The number of nitrogens with zero attached hydrogens (tertiary/aromatic N) is 7. The normalized spacial score (nSPS) is 11.3. The molecule has 286 valence electrons. The van der Waals surface area contributed by atoms with Crippen LogP contribution >= 0.6 is 23.5 Å². The highest BCUT2D eigenvalue weighted by atomic mass is 32.2. The lowest BCUT2D eigenvalue weighted by Crippen LogP contribution is -2.23. The Labute approximate surface area is 333 Å². The van der Waals surface area contributed by atoms with E-state index in [1.807, 2.05) is 97.3 Å². The Hall–Kier alpha value is -5.61. The first-order chi connectivity index (χ1) is 27.4. The van der Waals surface area contributed by atoms with E-state index in [1.54, 1.807) is 32.9 Å². The molecule has 4 aromatic carbocycles. The second-order valence-electron chi connectivity index (χ2n) is 13.1. The Kier molecular flexibility index (Phi) is 13.0. The van der Waals surface area contributed by atoms with Crippen molar-refractivity contribution in [3.05, 3.63) is 103 Å². The summed E-state index contributed by atoms with van der Waals surface area (Å²) in [7, 11) is 0. The summed E-state index contributed by atoms with van der Waals surface area (Å²) in [4.78, 5) is 30.0. The number of carbonyl (C=O) groups excluding carboxylic acids is 2. The van der Waals surface area contributed by atoms with Gasteiger partial charge in [0.05, 0.1) is 34.8 Å². The van der Waals surface area contributed by atoms with Gasteiger partial charge in [0, 0.05) is 83.8 Å². The van der Waals surface area contributed by atoms with E-state index < -0.39 is 0 Å². The minimum atomic E-state index is -0.0397. The summed E-state index contributed by atoms with van der Waals surface area (Å²) in [6.07, 6.45) is 8.67. The summed E-state index contributed by atoms with van der Waals surface area (Å²) in [5.41, 5.74) is 7.75. The lowest BCUT2D eigenvalue weighted by atomic mass is 10.1. The van der Waals surface area contributed by atoms with Crippen LogP contribution < -0.4 is 21.3 Å². The number of pyridine rings is 1. The maximum absolute atomic E-state index is 12.5. The van der Waals surface area contributed by atoms with Crippen molar-refractivity contribution in [3.8, 4) is 33.9 Å². The average molecular weight is 786 g/mol. The van der Waals surface area contributed by atoms with E-state index in [2.05, 4.69) is 60.5 Å². The van der Waals surface area contributed by atoms with Crippen LogP contribution in [0, 0.1) is 0 Å². The van der Waals surface area contributed by atoms with Crippen molar-refractivity contribution >= 4 is 68.5 Å². The predicted molar refractivity (Wildman–Crippen MR) is 229 cm³/mol. The van der Waals surface area contributed by atoms with Crippen molar-refractivity contribution in [2.75, 3.05) is 60.8 Å². The number of amides is 2. The Balaban J connectivity index is 1.03. The van der Waals surface area contributed by atoms with Crippen LogP contribution in [0.2, 0.25) is 0 Å². The first-order valence-electron chi connectivity index (χ1n) is 18.4. The Morgan fingerprint density at radius 3 is 1.54 bits per heavy atom. The minimum absolute atomic E-state index is 0.0397. The predicted octanol–water partition coefficient (Wildman–Crippen LogP) is 6.45. The quantitative estimate of drug-likeness (QED) is 0.0561. The number of hydrogen-bond donors (Lipinski definition) is 4. The first kappa shape index (κ1) is 38.7. The molecule has 0 bridgehead atoms. The van der Waals surface area contributed by atoms with Crippen LogP contribution in [0.4, 0.5) is 11.4 Å². The summed E-state index contributed by atoms with van der Waals surface area (Å²) in [6, 6.07) is 29.4. The standard InChI is InChI=1S/C41H43N11O2S2/c1-55-19-17-42-15-13-40(53)44-32-7-3-5-28(22-32)38-26-51(49-47-38)34-11-9-30-21-31-10-12-35(25-37(31)46-36(30)24-34)52-27-39(48-50-52)29-6-4-8-33(23-29)45-41(54)14-16-43-18-20-56-2/h3-12,21-27,42-43H,13-20H2,1-2H3,(H,44,53)(H,45,54). The number of thioether (sulfide) groups is 2. The van der Waals surface area contributed by atoms with Crippen LogP contribution in [0.25, 0.3) is 55.7 Å². The van der Waals surface area contributed by atoms with Crippen LogP contribution in [-0.4, -0.2) is 97.0 Å². The Morgan fingerprint density at radius 2 is 1.07 bits per heavy atom. The van der Waals surface area contributed by atoms with Gasteiger partial charge in [-0.05, 0) is 67.1 Å². The monoisotopic (exact) mass is 785 g/mol. The van der Waals surface area contributed by atoms with Gasteiger partial charge >= 0.3 is 0 Å². The molecule has 13 nitrogen and oxygen atoms in total. The van der Waals surface area contributed by atoms with E-state index in [0.29, 0.717) is 48.7 Å². The molecule has 0 aliphatic heterocycles. The molecule has 7 rings (SSSR count). The highest BCUT2D eigenvalue weighted by Gasteiger charge is 2.12. The fraction of sp³-hybridized carbons (Fsp3) is 0.244. The van der Waals surface area contributed by atoms with Crippen LogP contribution in [0.15, 0.2) is 103 Å². The molecule has 0 unspecified atom stereocenters. The van der Waals surface area contributed by atoms with E-state index in [1.165, 1.54) is 0 Å². The Bertz CT molecular complexity index is 2280. The van der Waals surface area contributed by atoms with Gasteiger partial charge in [-0.15, -0.1) is 10.2 Å². The minimum Gasteiger partial charge on any atom is -0.326 e. The molecular weight excluding hydrogens is 743 g/mol. The second kappa shape index (κ2) is 18.8. The zero-order valence-electron chi connectivity index (χ0n) is 31.2. The second-order valence-corrected chi connectivity index (χ2v) is 15.1. The van der Waals surface area contributed by atoms with E-state index in [-0.39, 0.29) is 11.8 Å². The van der Waals surface area contributed by atoms with Crippen molar-refractivity contribution in [3.63, 3.8) is 0 Å². The maximum atomic E-state index is 12.5. The third kappa shape index (κ3) is 9.97. The highest BCUT2D eigenvalue weighted by Crippen LogP contribution is 2.27. The van der Waals surface area contributed by atoms with Gasteiger partial charge in [0.25, 0.3) is 0 Å². The summed E-state index contributed by atoms with van der Waals surface area (Å²) in [5.74, 6) is 1.96. The molecule has 7 aromatic rings. The van der Waals surface area contributed by atoms with Crippen molar-refractivity contribution in [1.82, 2.24) is 45.6 Å². The molecule has 0 atom stereocenters. The largest absolute Gasteiger partial charge is 0.326 e. The Morgan fingerprint density at radius 1 is 0.589 bits per heavy atom. The molecule has 56 heavy (non-hydrogen) atoms. The number of benzene rings is 4. The van der Waals surface area contributed by atoms with Crippen molar-refractivity contribution in [2.45, 2.75) is 12.8 Å². The number of carbonyl (C=O) groups is 2. The topological polar surface area (TPSA) is 157 Å². The molecule has 0 saturated carbocycles. The van der Waals surface area contributed by atoms with Gasteiger partial charge in [0.15, 0.2) is 0 Å². The zero-order valence-corrected chi connectivity index (χ0v) is 32.9. The average Bonchev–Trinajstić information content (AvgIpc) is 3.92. The molecule has 3 aromatic heterocycles. The van der Waals surface area contributed by atoms with Crippen molar-refractivity contribution in [1.29, 1.82) is 0 Å². The van der Waals surface area contributed by atoms with Gasteiger partial charge < -0.3 is 21.3 Å². The third-order valence-electron chi connectivity index (χ3n) is 9.00. The van der Waals surface area contributed by atoms with E-state index in [0.717, 1.165) is 68.9 Å². The van der Waals surface area contributed by atoms with E-state index in [9.17, 15) is 9.59 Å². The molecular formula is C41H43N11O2S2. The van der Waals surface area contributed by atoms with E-state index >= 15 is 0 Å². The van der Waals surface area contributed by atoms with Gasteiger partial charge in [0.2, 0.25) is 11.8 Å². The molecule has 4 N–H and O–H groups in total. The number of fused-ring (bicyclic) bond motifs is 2. The molecule has 0 fully saturated rings. The number of hydrogen-bond acceptors (Lipinski definition) is 11. The van der Waals surface area contributed by atoms with Crippen LogP contribution in [-0.2, 0) is 9.59 Å². The number of anilines is 2. The summed E-state index contributed by atoms with van der Waals surface area (Å²) in [6.45, 7) is 3.04. The van der Waals surface area contributed by atoms with Gasteiger partial charge in [-0.25, -0.2) is 14.3 Å². The molecule has 0 aliphatic rings. The number of nitrogens with one attached hydrogen (secondary N) is 4. The zero-order chi connectivity index (χ0) is 38.7. The SMILES string of the molecule is CSCCNCCC(=O)Nc1cccc(-c2cn(-c3ccc4cc5ccc(-n6cc(-c7cccc(NC(=O)CCNCCSC)c7)nn6)cc5nc4c3)nn2)c1. The smallest absolute Gasteiger partial charge is 0.225 e. The molecule has 15 heteroatoms. The summed E-state index contributed by atoms with van der Waals surface area (Å²) < 4.78 is 3.45. The molecule has 0 radical (unpaired) electrons. The summed E-state index contributed by atoms with van der Waals surface area (Å²) in [5, 5.41) is 32.2. The molecule has 0 saturated heterocycles. The maximum Gasteiger partial charge on any atom is 0.225 e. The fourth-order valence-corrected chi connectivity index (χ4v) is 6.79. The van der Waals surface area contributed by atoms with Crippen LogP contribution in [0.1, 0.15) is 12.8 Å². The lowest BCUT2D eigenvalue weighted by molar-refractivity contribution is -0.116. The fourth-order valence-electron chi connectivity index (χ4n) is 6.09. The van der Waals surface area contributed by atoms with E-state index in [4.69, 9.17) is 4.98 Å². The van der Waals surface area contributed by atoms with Gasteiger partial charge in [0.1, 0.15) is 11.4 Å². The number of aromatic nitrogens is 7. The van der Waals surface area contributed by atoms with Crippen LogP contribution in [0.3, 0.4) is 0 Å². The van der Waals surface area contributed by atoms with Crippen molar-refractivity contribution in [2.24, 2.45) is 0 Å².